The number of thiophene rings is 1. The van der Waals surface area contributed by atoms with Crippen molar-refractivity contribution in [2.45, 2.75) is 25.4 Å². The Labute approximate surface area is 166 Å². The van der Waals surface area contributed by atoms with Crippen LogP contribution in [0.4, 0.5) is 18.9 Å². The second kappa shape index (κ2) is 7.21. The topological polar surface area (TPSA) is 64.1 Å². The van der Waals surface area contributed by atoms with Crippen LogP contribution in [-0.2, 0) is 23.8 Å². The zero-order valence-corrected chi connectivity index (χ0v) is 15.8. The van der Waals surface area contributed by atoms with Crippen LogP contribution < -0.4 is 10.1 Å². The van der Waals surface area contributed by atoms with Gasteiger partial charge in [-0.2, -0.15) is 13.2 Å². The number of fused-ring (bicyclic) bond motifs is 3. The number of hydrogen-bond acceptors (Lipinski definition) is 5. The highest BCUT2D eigenvalue weighted by molar-refractivity contribution is 7.18. The SMILES string of the molecule is O=C(COc1ncnc2sc3c(c12)CCC3)Nc1ccc(Cl)cc1C(F)(F)F. The third-order valence-electron chi connectivity index (χ3n) is 4.37. The number of halogens is 4. The Bertz CT molecular complexity index is 1070. The minimum atomic E-state index is -4.65. The van der Waals surface area contributed by atoms with Crippen LogP contribution in [-0.4, -0.2) is 22.5 Å². The van der Waals surface area contributed by atoms with Crippen molar-refractivity contribution in [1.29, 1.82) is 0 Å². The van der Waals surface area contributed by atoms with E-state index in [1.54, 1.807) is 11.3 Å². The first-order chi connectivity index (χ1) is 13.3. The summed E-state index contributed by atoms with van der Waals surface area (Å²) < 4.78 is 44.9. The van der Waals surface area contributed by atoms with E-state index < -0.39 is 24.3 Å². The largest absolute Gasteiger partial charge is 0.467 e. The molecule has 2 aromatic heterocycles. The monoisotopic (exact) mass is 427 g/mol. The van der Waals surface area contributed by atoms with E-state index >= 15 is 0 Å². The Morgan fingerprint density at radius 3 is 2.89 bits per heavy atom. The van der Waals surface area contributed by atoms with E-state index in [1.807, 2.05) is 0 Å². The Morgan fingerprint density at radius 2 is 2.11 bits per heavy atom. The van der Waals surface area contributed by atoms with E-state index in [0.29, 0.717) is 0 Å². The molecule has 28 heavy (non-hydrogen) atoms. The summed E-state index contributed by atoms with van der Waals surface area (Å²) in [6.45, 7) is -0.476. The Morgan fingerprint density at radius 1 is 1.29 bits per heavy atom. The number of amides is 1. The third-order valence-corrected chi connectivity index (χ3v) is 5.80. The van der Waals surface area contributed by atoms with Crippen LogP contribution in [0.3, 0.4) is 0 Å². The van der Waals surface area contributed by atoms with Crippen molar-refractivity contribution in [2.24, 2.45) is 0 Å². The molecule has 5 nitrogen and oxygen atoms in total. The number of anilines is 1. The van der Waals surface area contributed by atoms with E-state index in [-0.39, 0.29) is 16.6 Å². The van der Waals surface area contributed by atoms with E-state index in [0.717, 1.165) is 47.2 Å². The van der Waals surface area contributed by atoms with Gasteiger partial charge in [-0.15, -0.1) is 11.3 Å². The summed E-state index contributed by atoms with van der Waals surface area (Å²) in [4.78, 5) is 22.5. The number of aryl methyl sites for hydroxylation is 2. The van der Waals surface area contributed by atoms with Gasteiger partial charge in [-0.3, -0.25) is 4.79 Å². The smallest absolute Gasteiger partial charge is 0.418 e. The average molecular weight is 428 g/mol. The molecule has 1 aromatic carbocycles. The number of ether oxygens (including phenoxy) is 1. The van der Waals surface area contributed by atoms with Crippen LogP contribution in [0.2, 0.25) is 5.02 Å². The van der Waals surface area contributed by atoms with Crippen LogP contribution in [0.1, 0.15) is 22.4 Å². The number of benzene rings is 1. The zero-order valence-electron chi connectivity index (χ0n) is 14.3. The van der Waals surface area contributed by atoms with Gasteiger partial charge in [-0.05, 0) is 43.0 Å². The minimum absolute atomic E-state index is 0.0729. The Kier molecular flexibility index (Phi) is 4.88. The number of aromatic nitrogens is 2. The van der Waals surface area contributed by atoms with Crippen molar-refractivity contribution in [3.63, 3.8) is 0 Å². The Hall–Kier alpha value is -2.39. The van der Waals surface area contributed by atoms with Gasteiger partial charge in [0, 0.05) is 9.90 Å². The molecule has 3 aromatic rings. The van der Waals surface area contributed by atoms with Crippen molar-refractivity contribution < 1.29 is 22.7 Å². The molecule has 2 heterocycles. The molecule has 0 fully saturated rings. The van der Waals surface area contributed by atoms with Gasteiger partial charge in [0.2, 0.25) is 5.88 Å². The Balaban J connectivity index is 1.52. The number of hydrogen-bond donors (Lipinski definition) is 1. The quantitative estimate of drug-likeness (QED) is 0.645. The van der Waals surface area contributed by atoms with E-state index in [2.05, 4.69) is 15.3 Å². The molecule has 1 aliphatic carbocycles. The lowest BCUT2D eigenvalue weighted by Crippen LogP contribution is -2.22. The first kappa shape index (κ1) is 18.9. The summed E-state index contributed by atoms with van der Waals surface area (Å²) in [7, 11) is 0. The molecule has 0 saturated carbocycles. The number of rotatable bonds is 4. The molecule has 0 aliphatic heterocycles. The van der Waals surface area contributed by atoms with Crippen molar-refractivity contribution in [3.8, 4) is 5.88 Å². The summed E-state index contributed by atoms with van der Waals surface area (Å²) >= 11 is 7.22. The molecule has 0 spiro atoms. The zero-order chi connectivity index (χ0) is 19.9. The van der Waals surface area contributed by atoms with Crippen LogP contribution in [0.5, 0.6) is 5.88 Å². The highest BCUT2D eigenvalue weighted by atomic mass is 35.5. The lowest BCUT2D eigenvalue weighted by molar-refractivity contribution is -0.137. The maximum Gasteiger partial charge on any atom is 0.418 e. The summed E-state index contributed by atoms with van der Waals surface area (Å²) in [5.41, 5.74) is -0.267. The van der Waals surface area contributed by atoms with Gasteiger partial charge in [0.05, 0.1) is 16.6 Å². The number of nitrogens with zero attached hydrogens (tertiary/aromatic N) is 2. The number of carbonyl (C=O) groups is 1. The van der Waals surface area contributed by atoms with Crippen molar-refractivity contribution >= 4 is 44.7 Å². The lowest BCUT2D eigenvalue weighted by Gasteiger charge is -2.14. The molecule has 0 unspecified atom stereocenters. The predicted octanol–water partition coefficient (Wildman–Crippen LogP) is 4.87. The van der Waals surface area contributed by atoms with Gasteiger partial charge in [0.1, 0.15) is 11.2 Å². The maximum absolute atomic E-state index is 13.1. The second-order valence-electron chi connectivity index (χ2n) is 6.24. The van der Waals surface area contributed by atoms with Crippen LogP contribution in [0.15, 0.2) is 24.5 Å². The molecule has 1 aliphatic rings. The maximum atomic E-state index is 13.1. The predicted molar refractivity (Wildman–Crippen MR) is 100 cm³/mol. The normalized spacial score (nSPS) is 13.6. The molecule has 0 bridgehead atoms. The molecule has 1 N–H and O–H groups in total. The molecule has 10 heteroatoms. The summed E-state index contributed by atoms with van der Waals surface area (Å²) in [6.07, 6.45) is -0.382. The van der Waals surface area contributed by atoms with Crippen molar-refractivity contribution in [3.05, 3.63) is 45.6 Å². The molecule has 0 atom stereocenters. The molecule has 0 radical (unpaired) electrons. The molecule has 1 amide bonds. The number of alkyl halides is 3. The standard InChI is InChI=1S/C18H13ClF3N3O2S/c19-9-4-5-12(11(6-9)18(20,21)22)25-14(26)7-27-16-15-10-2-1-3-13(10)28-17(15)24-8-23-16/h4-6,8H,1-3,7H2,(H,25,26). The molecule has 4 rings (SSSR count). The van der Waals surface area contributed by atoms with Crippen LogP contribution in [0.25, 0.3) is 10.2 Å². The fourth-order valence-corrected chi connectivity index (χ4v) is 4.58. The lowest BCUT2D eigenvalue weighted by atomic mass is 10.1. The summed E-state index contributed by atoms with van der Waals surface area (Å²) in [5.74, 6) is -0.460. The van der Waals surface area contributed by atoms with Gasteiger partial charge >= 0.3 is 6.18 Å². The second-order valence-corrected chi connectivity index (χ2v) is 7.76. The van der Waals surface area contributed by atoms with Gasteiger partial charge in [0.25, 0.3) is 5.91 Å². The van der Waals surface area contributed by atoms with Gasteiger partial charge < -0.3 is 10.1 Å². The molecular formula is C18H13ClF3N3O2S. The summed E-state index contributed by atoms with van der Waals surface area (Å²) in [5, 5.41) is 2.94. The number of carbonyl (C=O) groups excluding carboxylic acids is 1. The van der Waals surface area contributed by atoms with Gasteiger partial charge in [0.15, 0.2) is 6.61 Å². The van der Waals surface area contributed by atoms with Crippen LogP contribution >= 0.6 is 22.9 Å². The third kappa shape index (κ3) is 3.64. The first-order valence-corrected chi connectivity index (χ1v) is 9.57. The highest BCUT2D eigenvalue weighted by Gasteiger charge is 2.34. The first-order valence-electron chi connectivity index (χ1n) is 8.37. The van der Waals surface area contributed by atoms with Crippen molar-refractivity contribution in [2.75, 3.05) is 11.9 Å². The van der Waals surface area contributed by atoms with Gasteiger partial charge in [-0.25, -0.2) is 9.97 Å². The van der Waals surface area contributed by atoms with Gasteiger partial charge in [-0.1, -0.05) is 11.6 Å². The minimum Gasteiger partial charge on any atom is -0.467 e. The molecular weight excluding hydrogens is 415 g/mol. The number of nitrogens with one attached hydrogen (secondary N) is 1. The summed E-state index contributed by atoms with van der Waals surface area (Å²) in [6, 6.07) is 3.15. The van der Waals surface area contributed by atoms with E-state index in [9.17, 15) is 18.0 Å². The van der Waals surface area contributed by atoms with Crippen molar-refractivity contribution in [1.82, 2.24) is 9.97 Å². The molecule has 0 saturated heterocycles. The van der Waals surface area contributed by atoms with E-state index in [4.69, 9.17) is 16.3 Å². The van der Waals surface area contributed by atoms with E-state index in [1.165, 1.54) is 17.3 Å². The average Bonchev–Trinajstić information content (AvgIpc) is 3.21. The van der Waals surface area contributed by atoms with Crippen LogP contribution in [0, 0.1) is 0 Å². The fraction of sp³-hybridized carbons (Fsp3) is 0.278. The molecule has 146 valence electrons. The highest BCUT2D eigenvalue weighted by Crippen LogP contribution is 2.40. The fourth-order valence-electron chi connectivity index (χ4n) is 3.19.